The van der Waals surface area contributed by atoms with Crippen LogP contribution in [0.3, 0.4) is 0 Å². The molecule has 9 heteroatoms. The molecule has 3 aromatic carbocycles. The van der Waals surface area contributed by atoms with Gasteiger partial charge in [-0.15, -0.1) is 0 Å². The number of amides is 1. The van der Waals surface area contributed by atoms with E-state index in [-0.39, 0.29) is 46.8 Å². The number of phenols is 2. The number of fused-ring (bicyclic) bond motifs is 3. The topological polar surface area (TPSA) is 149 Å². The lowest BCUT2D eigenvalue weighted by Crippen LogP contribution is -2.22. The van der Waals surface area contributed by atoms with Gasteiger partial charge in [0.25, 0.3) is 5.91 Å². The summed E-state index contributed by atoms with van der Waals surface area (Å²) in [7, 11) is 0. The number of phenolic OH excluding ortho intramolecular Hbond substituents is 2. The molecule has 0 saturated heterocycles. The molecule has 0 fully saturated rings. The third-order valence-electron chi connectivity index (χ3n) is 5.79. The van der Waals surface area contributed by atoms with Crippen LogP contribution >= 0.6 is 0 Å². The second-order valence-electron chi connectivity index (χ2n) is 8.10. The molecular formula is C26H19NO8. The van der Waals surface area contributed by atoms with Crippen LogP contribution in [-0.2, 0) is 9.59 Å². The summed E-state index contributed by atoms with van der Waals surface area (Å²) in [6, 6.07) is 14.0. The summed E-state index contributed by atoms with van der Waals surface area (Å²) < 4.78 is 16.6. The number of hydrogen-bond acceptors (Lipinski definition) is 8. The number of rotatable bonds is 5. The number of carbonyl (C=O) groups excluding carboxylic acids is 2. The Morgan fingerprint density at radius 3 is 2.60 bits per heavy atom. The zero-order valence-electron chi connectivity index (χ0n) is 18.2. The molecule has 1 unspecified atom stereocenters. The number of primary amides is 1. The van der Waals surface area contributed by atoms with E-state index >= 15 is 0 Å². The Hall–Kier alpha value is -4.79. The van der Waals surface area contributed by atoms with Crippen molar-refractivity contribution in [3.63, 3.8) is 0 Å². The fraction of sp³-hybridized carbons (Fsp3) is 0.115. The Labute approximate surface area is 197 Å². The van der Waals surface area contributed by atoms with E-state index in [0.29, 0.717) is 22.4 Å². The molecule has 9 nitrogen and oxygen atoms in total. The Morgan fingerprint density at radius 2 is 1.86 bits per heavy atom. The van der Waals surface area contributed by atoms with Crippen molar-refractivity contribution in [2.45, 2.75) is 12.3 Å². The van der Waals surface area contributed by atoms with Crippen molar-refractivity contribution in [2.24, 2.45) is 5.73 Å². The zero-order chi connectivity index (χ0) is 24.7. The summed E-state index contributed by atoms with van der Waals surface area (Å²) in [6.07, 6.45) is 1.23. The molecule has 0 saturated carbocycles. The summed E-state index contributed by atoms with van der Waals surface area (Å²) in [5.41, 5.74) is 6.54. The second kappa shape index (κ2) is 8.53. The quantitative estimate of drug-likeness (QED) is 0.296. The van der Waals surface area contributed by atoms with Crippen LogP contribution in [0.4, 0.5) is 0 Å². The first-order valence-electron chi connectivity index (χ1n) is 10.6. The molecule has 5 rings (SSSR count). The molecule has 176 valence electrons. The Kier molecular flexibility index (Phi) is 5.37. The molecule has 0 aliphatic carbocycles. The average molecular weight is 473 g/mol. The van der Waals surface area contributed by atoms with Crippen molar-refractivity contribution in [3.8, 4) is 34.1 Å². The van der Waals surface area contributed by atoms with Crippen LogP contribution < -0.4 is 20.6 Å². The second-order valence-corrected chi connectivity index (χ2v) is 8.10. The van der Waals surface area contributed by atoms with Crippen LogP contribution in [0.1, 0.15) is 23.5 Å². The molecule has 1 amide bonds. The fourth-order valence-electron chi connectivity index (χ4n) is 4.23. The van der Waals surface area contributed by atoms with E-state index in [4.69, 9.17) is 19.6 Å². The molecule has 1 atom stereocenters. The normalized spacial score (nSPS) is 14.9. The predicted octanol–water partition coefficient (Wildman–Crippen LogP) is 3.18. The van der Waals surface area contributed by atoms with Gasteiger partial charge in [-0.2, -0.15) is 0 Å². The molecule has 0 spiro atoms. The van der Waals surface area contributed by atoms with Crippen LogP contribution in [-0.4, -0.2) is 28.7 Å². The molecule has 0 bridgehead atoms. The van der Waals surface area contributed by atoms with Crippen molar-refractivity contribution < 1.29 is 33.7 Å². The zero-order valence-corrected chi connectivity index (χ0v) is 18.2. The number of ether oxygens (including phenoxy) is 2. The highest BCUT2D eigenvalue weighted by atomic mass is 16.5. The van der Waals surface area contributed by atoms with E-state index in [1.807, 2.05) is 0 Å². The largest absolute Gasteiger partial charge is 0.508 e. The Balaban J connectivity index is 1.68. The van der Waals surface area contributed by atoms with Gasteiger partial charge in [-0.05, 0) is 35.4 Å². The minimum Gasteiger partial charge on any atom is -0.508 e. The first kappa shape index (κ1) is 22.0. The fourth-order valence-corrected chi connectivity index (χ4v) is 4.23. The minimum absolute atomic E-state index is 0.0440. The van der Waals surface area contributed by atoms with Crippen molar-refractivity contribution in [1.82, 2.24) is 0 Å². The summed E-state index contributed by atoms with van der Waals surface area (Å²) in [4.78, 5) is 36.8. The number of hydrogen-bond donors (Lipinski definition) is 3. The van der Waals surface area contributed by atoms with Crippen LogP contribution in [0.2, 0.25) is 0 Å². The van der Waals surface area contributed by atoms with Crippen molar-refractivity contribution in [1.29, 1.82) is 0 Å². The highest BCUT2D eigenvalue weighted by Crippen LogP contribution is 2.46. The van der Waals surface area contributed by atoms with Gasteiger partial charge in [-0.25, -0.2) is 0 Å². The van der Waals surface area contributed by atoms with Crippen LogP contribution in [0.5, 0.6) is 23.0 Å². The summed E-state index contributed by atoms with van der Waals surface area (Å²) in [5.74, 6) is -1.61. The number of carbonyl (C=O) groups is 2. The molecule has 1 aromatic heterocycles. The van der Waals surface area contributed by atoms with E-state index in [1.165, 1.54) is 24.5 Å². The highest BCUT2D eigenvalue weighted by molar-refractivity contribution is 5.94. The smallest absolute Gasteiger partial charge is 0.312 e. The van der Waals surface area contributed by atoms with Crippen molar-refractivity contribution in [2.75, 3.05) is 6.61 Å². The van der Waals surface area contributed by atoms with Gasteiger partial charge in [0.05, 0.1) is 12.0 Å². The van der Waals surface area contributed by atoms with Gasteiger partial charge >= 0.3 is 5.97 Å². The number of esters is 1. The monoisotopic (exact) mass is 473 g/mol. The molecule has 35 heavy (non-hydrogen) atoms. The van der Waals surface area contributed by atoms with Gasteiger partial charge in [0.2, 0.25) is 5.43 Å². The molecule has 1 aliphatic heterocycles. The maximum atomic E-state index is 13.4. The maximum absolute atomic E-state index is 13.4. The third kappa shape index (κ3) is 4.04. The first-order chi connectivity index (χ1) is 16.8. The van der Waals surface area contributed by atoms with Gasteiger partial charge in [0.15, 0.2) is 6.61 Å². The predicted molar refractivity (Wildman–Crippen MR) is 124 cm³/mol. The van der Waals surface area contributed by atoms with E-state index in [9.17, 15) is 24.6 Å². The van der Waals surface area contributed by atoms with E-state index in [0.717, 1.165) is 0 Å². The summed E-state index contributed by atoms with van der Waals surface area (Å²) in [5, 5.41) is 20.2. The standard InChI is InChI=1S/C26H19NO8/c27-21(30)12-33-16-3-1-2-14(8-16)17-9-22(31)35-20-10-19(29)24-25(32)18(11-34-26(24)23(17)20)13-4-6-15(28)7-5-13/h1-8,10-11,17,28-29H,9,12H2,(H2,27,30). The Morgan fingerprint density at radius 1 is 1.09 bits per heavy atom. The minimum atomic E-state index is -0.630. The SMILES string of the molecule is NC(=O)COc1cccc(C2CC(=O)Oc3cc(O)c4c(=O)c(-c5ccc(O)cc5)coc4c32)c1. The molecular weight excluding hydrogens is 454 g/mol. The molecule has 4 aromatic rings. The van der Waals surface area contributed by atoms with E-state index in [1.54, 1.807) is 36.4 Å². The van der Waals surface area contributed by atoms with Gasteiger partial charge in [0, 0.05) is 17.5 Å². The van der Waals surface area contributed by atoms with Gasteiger partial charge < -0.3 is 29.8 Å². The number of nitrogens with two attached hydrogens (primary N) is 1. The van der Waals surface area contributed by atoms with Crippen LogP contribution in [0.15, 0.2) is 70.1 Å². The number of aromatic hydroxyl groups is 2. The highest BCUT2D eigenvalue weighted by Gasteiger charge is 2.34. The van der Waals surface area contributed by atoms with Gasteiger partial charge in [-0.3, -0.25) is 14.4 Å². The maximum Gasteiger partial charge on any atom is 0.312 e. The van der Waals surface area contributed by atoms with Crippen molar-refractivity contribution >= 4 is 22.8 Å². The summed E-state index contributed by atoms with van der Waals surface area (Å²) in [6.45, 7) is -0.307. The molecule has 0 radical (unpaired) electrons. The van der Waals surface area contributed by atoms with Crippen molar-refractivity contribution in [3.05, 3.63) is 82.2 Å². The molecule has 2 heterocycles. The lowest BCUT2D eigenvalue weighted by molar-refractivity contribution is -0.135. The van der Waals surface area contributed by atoms with Crippen LogP contribution in [0.25, 0.3) is 22.1 Å². The molecule has 1 aliphatic rings. The van der Waals surface area contributed by atoms with Gasteiger partial charge in [0.1, 0.15) is 40.2 Å². The van der Waals surface area contributed by atoms with E-state index in [2.05, 4.69) is 0 Å². The lowest BCUT2D eigenvalue weighted by atomic mass is 9.85. The van der Waals surface area contributed by atoms with E-state index < -0.39 is 23.2 Å². The van der Waals surface area contributed by atoms with Gasteiger partial charge in [-0.1, -0.05) is 24.3 Å². The summed E-state index contributed by atoms with van der Waals surface area (Å²) >= 11 is 0. The van der Waals surface area contributed by atoms with Crippen LogP contribution in [0, 0.1) is 0 Å². The Bertz CT molecular complexity index is 1540. The first-order valence-corrected chi connectivity index (χ1v) is 10.6. The average Bonchev–Trinajstić information content (AvgIpc) is 2.83. The number of benzene rings is 3. The lowest BCUT2D eigenvalue weighted by Gasteiger charge is -2.26. The third-order valence-corrected chi connectivity index (χ3v) is 5.79. The molecule has 4 N–H and O–H groups in total.